The lowest BCUT2D eigenvalue weighted by Crippen LogP contribution is -2.51. The summed E-state index contributed by atoms with van der Waals surface area (Å²) in [6.07, 6.45) is 6.85. The minimum absolute atomic E-state index is 0.0769. The van der Waals surface area contributed by atoms with Crippen molar-refractivity contribution in [2.24, 2.45) is 0 Å². The zero-order valence-electron chi connectivity index (χ0n) is 22.7. The van der Waals surface area contributed by atoms with Crippen LogP contribution < -0.4 is 9.62 Å². The van der Waals surface area contributed by atoms with Gasteiger partial charge in [-0.2, -0.15) is 0 Å². The predicted octanol–water partition coefficient (Wildman–Crippen LogP) is 4.80. The second-order valence-electron chi connectivity index (χ2n) is 10.0. The highest BCUT2D eigenvalue weighted by atomic mass is 32.2. The first-order valence-corrected chi connectivity index (χ1v) is 15.4. The Labute approximate surface area is 226 Å². The van der Waals surface area contributed by atoms with E-state index in [1.165, 1.54) is 16.4 Å². The molecule has 1 atom stereocenters. The summed E-state index contributed by atoms with van der Waals surface area (Å²) in [4.78, 5) is 28.3. The average molecular weight is 546 g/mol. The van der Waals surface area contributed by atoms with Crippen LogP contribution >= 0.6 is 0 Å². The standard InChI is InChI=1S/C29H40FN3O4S/c1-4-22-14-18-26(19-15-22)33(38(3,36)37)20-8-11-28(34)32(21-23-12-16-24(30)17-13-23)27(5-2)29(35)31-25-9-6-7-10-25/h12-19,25,27H,4-11,20-21H2,1-3H3,(H,31,35)/t27-/m1/s1. The van der Waals surface area contributed by atoms with Crippen LogP contribution in [0.5, 0.6) is 0 Å². The van der Waals surface area contributed by atoms with Gasteiger partial charge in [-0.1, -0.05) is 51.0 Å². The van der Waals surface area contributed by atoms with Crippen molar-refractivity contribution in [1.29, 1.82) is 0 Å². The van der Waals surface area contributed by atoms with Crippen molar-refractivity contribution < 1.29 is 22.4 Å². The van der Waals surface area contributed by atoms with E-state index in [2.05, 4.69) is 5.32 Å². The van der Waals surface area contributed by atoms with Gasteiger partial charge in [0.05, 0.1) is 11.9 Å². The molecule has 1 aliphatic carbocycles. The topological polar surface area (TPSA) is 86.8 Å². The molecule has 0 spiro atoms. The second kappa shape index (κ2) is 13.7. The van der Waals surface area contributed by atoms with Gasteiger partial charge in [-0.25, -0.2) is 12.8 Å². The summed E-state index contributed by atoms with van der Waals surface area (Å²) in [5.74, 6) is -0.786. The molecular formula is C29H40FN3O4S. The molecule has 0 aliphatic heterocycles. The van der Waals surface area contributed by atoms with Crippen molar-refractivity contribution in [2.45, 2.75) is 83.8 Å². The van der Waals surface area contributed by atoms with E-state index in [4.69, 9.17) is 0 Å². The van der Waals surface area contributed by atoms with Crippen molar-refractivity contribution in [2.75, 3.05) is 17.1 Å². The lowest BCUT2D eigenvalue weighted by molar-refractivity contribution is -0.141. The summed E-state index contributed by atoms with van der Waals surface area (Å²) in [5, 5.41) is 3.10. The zero-order valence-corrected chi connectivity index (χ0v) is 23.5. The number of carbonyl (C=O) groups excluding carboxylic acids is 2. The molecule has 9 heteroatoms. The number of halogens is 1. The molecule has 1 fully saturated rings. The van der Waals surface area contributed by atoms with Gasteiger partial charge in [0, 0.05) is 25.6 Å². The Balaban J connectivity index is 1.74. The summed E-state index contributed by atoms with van der Waals surface area (Å²) in [6.45, 7) is 4.22. The van der Waals surface area contributed by atoms with Crippen molar-refractivity contribution >= 4 is 27.5 Å². The minimum Gasteiger partial charge on any atom is -0.352 e. The van der Waals surface area contributed by atoms with Crippen LogP contribution in [0.1, 0.15) is 69.9 Å². The Bertz CT molecular complexity index is 1160. The number of amides is 2. The van der Waals surface area contributed by atoms with E-state index in [0.29, 0.717) is 18.5 Å². The fourth-order valence-corrected chi connectivity index (χ4v) is 5.94. The van der Waals surface area contributed by atoms with E-state index in [9.17, 15) is 22.4 Å². The fraction of sp³-hybridized carbons (Fsp3) is 0.517. The van der Waals surface area contributed by atoms with Gasteiger partial charge in [0.2, 0.25) is 21.8 Å². The number of anilines is 1. The highest BCUT2D eigenvalue weighted by Crippen LogP contribution is 2.22. The maximum absolute atomic E-state index is 13.5. The lowest BCUT2D eigenvalue weighted by Gasteiger charge is -2.32. The maximum atomic E-state index is 13.5. The third-order valence-electron chi connectivity index (χ3n) is 7.14. The molecule has 0 bridgehead atoms. The van der Waals surface area contributed by atoms with Crippen molar-refractivity contribution in [3.8, 4) is 0 Å². The van der Waals surface area contributed by atoms with E-state index < -0.39 is 16.1 Å². The van der Waals surface area contributed by atoms with Crippen LogP contribution in [0.25, 0.3) is 0 Å². The lowest BCUT2D eigenvalue weighted by atomic mass is 10.1. The third kappa shape index (κ3) is 8.28. The first kappa shape index (κ1) is 29.6. The number of nitrogens with zero attached hydrogens (tertiary/aromatic N) is 2. The molecule has 0 saturated heterocycles. The van der Waals surface area contributed by atoms with Gasteiger partial charge in [-0.3, -0.25) is 13.9 Å². The van der Waals surface area contributed by atoms with Crippen LogP contribution in [0, 0.1) is 5.82 Å². The largest absolute Gasteiger partial charge is 0.352 e. The molecule has 0 unspecified atom stereocenters. The van der Waals surface area contributed by atoms with Crippen molar-refractivity contribution in [3.05, 3.63) is 65.5 Å². The third-order valence-corrected chi connectivity index (χ3v) is 8.33. The number of nitrogens with one attached hydrogen (secondary N) is 1. The Morgan fingerprint density at radius 2 is 1.61 bits per heavy atom. The van der Waals surface area contributed by atoms with E-state index in [-0.39, 0.29) is 43.2 Å². The number of benzene rings is 2. The molecule has 2 amide bonds. The first-order chi connectivity index (χ1) is 18.1. The molecule has 7 nitrogen and oxygen atoms in total. The highest BCUT2D eigenvalue weighted by molar-refractivity contribution is 7.92. The SMILES string of the molecule is CCc1ccc(N(CCCC(=O)N(Cc2ccc(F)cc2)[C@H](CC)C(=O)NC2CCCC2)S(C)(=O)=O)cc1. The summed E-state index contributed by atoms with van der Waals surface area (Å²) in [7, 11) is -3.55. The number of aryl methyl sites for hydroxylation is 1. The number of hydrogen-bond acceptors (Lipinski definition) is 4. The van der Waals surface area contributed by atoms with Gasteiger partial charge < -0.3 is 10.2 Å². The molecule has 208 valence electrons. The smallest absolute Gasteiger partial charge is 0.243 e. The van der Waals surface area contributed by atoms with Crippen LogP contribution in [0.4, 0.5) is 10.1 Å². The Kier molecular flexibility index (Phi) is 10.7. The molecule has 2 aromatic rings. The van der Waals surface area contributed by atoms with Crippen LogP contribution in [0.2, 0.25) is 0 Å². The first-order valence-electron chi connectivity index (χ1n) is 13.5. The van der Waals surface area contributed by atoms with Crippen LogP contribution in [0.3, 0.4) is 0 Å². The summed E-state index contributed by atoms with van der Waals surface area (Å²) in [5.41, 5.74) is 2.39. The molecule has 1 N–H and O–H groups in total. The van der Waals surface area contributed by atoms with Gasteiger partial charge in [-0.05, 0) is 67.5 Å². The van der Waals surface area contributed by atoms with Gasteiger partial charge in [-0.15, -0.1) is 0 Å². The normalized spacial score (nSPS) is 14.7. The van der Waals surface area contributed by atoms with E-state index in [0.717, 1.165) is 49.5 Å². The second-order valence-corrected chi connectivity index (χ2v) is 11.9. The van der Waals surface area contributed by atoms with E-state index in [1.807, 2.05) is 26.0 Å². The quantitative estimate of drug-likeness (QED) is 0.392. The zero-order chi connectivity index (χ0) is 27.7. The molecule has 0 aromatic heterocycles. The molecule has 0 heterocycles. The van der Waals surface area contributed by atoms with Crippen LogP contribution in [0.15, 0.2) is 48.5 Å². The van der Waals surface area contributed by atoms with Gasteiger partial charge in [0.25, 0.3) is 0 Å². The molecule has 38 heavy (non-hydrogen) atoms. The highest BCUT2D eigenvalue weighted by Gasteiger charge is 2.30. The van der Waals surface area contributed by atoms with Crippen LogP contribution in [-0.4, -0.2) is 50.0 Å². The number of hydrogen-bond donors (Lipinski definition) is 1. The Morgan fingerprint density at radius 3 is 2.16 bits per heavy atom. The molecule has 2 aromatic carbocycles. The average Bonchev–Trinajstić information content (AvgIpc) is 3.40. The summed E-state index contributed by atoms with van der Waals surface area (Å²) in [6, 6.07) is 12.7. The van der Waals surface area contributed by atoms with Crippen molar-refractivity contribution in [3.63, 3.8) is 0 Å². The molecule has 3 rings (SSSR count). The maximum Gasteiger partial charge on any atom is 0.243 e. The monoisotopic (exact) mass is 545 g/mol. The van der Waals surface area contributed by atoms with E-state index in [1.54, 1.807) is 29.2 Å². The predicted molar refractivity (Wildman–Crippen MR) is 149 cm³/mol. The minimum atomic E-state index is -3.55. The summed E-state index contributed by atoms with van der Waals surface area (Å²) < 4.78 is 39.8. The number of sulfonamides is 1. The van der Waals surface area contributed by atoms with Gasteiger partial charge >= 0.3 is 0 Å². The Morgan fingerprint density at radius 1 is 1.00 bits per heavy atom. The molecule has 0 radical (unpaired) electrons. The van der Waals surface area contributed by atoms with Gasteiger partial charge in [0.1, 0.15) is 11.9 Å². The molecular weight excluding hydrogens is 505 g/mol. The Hall–Kier alpha value is -2.94. The molecule has 1 aliphatic rings. The molecule has 1 saturated carbocycles. The van der Waals surface area contributed by atoms with Crippen LogP contribution in [-0.2, 0) is 32.6 Å². The number of carbonyl (C=O) groups is 2. The van der Waals surface area contributed by atoms with Crippen molar-refractivity contribution in [1.82, 2.24) is 10.2 Å². The number of rotatable bonds is 13. The fourth-order valence-electron chi connectivity index (χ4n) is 4.98. The van der Waals surface area contributed by atoms with E-state index >= 15 is 0 Å². The van der Waals surface area contributed by atoms with Gasteiger partial charge in [0.15, 0.2) is 0 Å². The summed E-state index contributed by atoms with van der Waals surface area (Å²) >= 11 is 0.